The first-order chi connectivity index (χ1) is 13.2. The summed E-state index contributed by atoms with van der Waals surface area (Å²) in [4.78, 5) is 15.1. The van der Waals surface area contributed by atoms with Crippen molar-refractivity contribution >= 4 is 11.7 Å². The van der Waals surface area contributed by atoms with Gasteiger partial charge in [-0.15, -0.1) is 0 Å². The number of ether oxygens (including phenoxy) is 1. The molecule has 1 aliphatic heterocycles. The maximum atomic E-state index is 12.6. The molecule has 2 heterocycles. The van der Waals surface area contributed by atoms with Crippen molar-refractivity contribution in [3.05, 3.63) is 42.7 Å². The molecule has 2 amide bonds. The summed E-state index contributed by atoms with van der Waals surface area (Å²) >= 11 is 0. The largest absolute Gasteiger partial charge is 0.379 e. The molecule has 2 aliphatic rings. The second-order valence-electron chi connectivity index (χ2n) is 7.45. The minimum absolute atomic E-state index is 0.128. The van der Waals surface area contributed by atoms with Gasteiger partial charge in [-0.2, -0.15) is 5.10 Å². The highest BCUT2D eigenvalue weighted by Gasteiger charge is 2.37. The van der Waals surface area contributed by atoms with E-state index in [1.54, 1.807) is 10.9 Å². The average molecular weight is 369 g/mol. The molecule has 1 aliphatic carbocycles. The number of hydrogen-bond acceptors (Lipinski definition) is 4. The van der Waals surface area contributed by atoms with Gasteiger partial charge in [-0.05, 0) is 43.2 Å². The number of carbonyl (C=O) groups is 1. The summed E-state index contributed by atoms with van der Waals surface area (Å²) in [5, 5.41) is 10.5. The van der Waals surface area contributed by atoms with E-state index in [0.717, 1.165) is 57.1 Å². The van der Waals surface area contributed by atoms with E-state index in [1.165, 1.54) is 12.8 Å². The molecule has 0 spiro atoms. The molecule has 4 rings (SSSR count). The Kier molecular flexibility index (Phi) is 5.40. The summed E-state index contributed by atoms with van der Waals surface area (Å²) in [6.45, 7) is 4.36. The third-order valence-corrected chi connectivity index (χ3v) is 5.46. The Morgan fingerprint density at radius 3 is 2.56 bits per heavy atom. The van der Waals surface area contributed by atoms with Crippen molar-refractivity contribution in [1.82, 2.24) is 20.0 Å². The Hall–Kier alpha value is -2.38. The Balaban J connectivity index is 1.36. The van der Waals surface area contributed by atoms with Gasteiger partial charge in [0.15, 0.2) is 0 Å². The van der Waals surface area contributed by atoms with Gasteiger partial charge in [-0.25, -0.2) is 9.48 Å². The van der Waals surface area contributed by atoms with Gasteiger partial charge in [-0.3, -0.25) is 4.90 Å². The van der Waals surface area contributed by atoms with Crippen LogP contribution in [0.15, 0.2) is 42.7 Å². The van der Waals surface area contributed by atoms with E-state index in [4.69, 9.17) is 4.74 Å². The molecule has 1 aromatic heterocycles. The lowest BCUT2D eigenvalue weighted by atomic mass is 9.96. The number of hydrogen-bond donors (Lipinski definition) is 2. The molecule has 27 heavy (non-hydrogen) atoms. The normalized spacial score (nSPS) is 19.7. The lowest BCUT2D eigenvalue weighted by Crippen LogP contribution is -2.56. The van der Waals surface area contributed by atoms with Crippen LogP contribution in [0.5, 0.6) is 0 Å². The van der Waals surface area contributed by atoms with Gasteiger partial charge in [-0.1, -0.05) is 12.8 Å². The molecular weight excluding hydrogens is 342 g/mol. The monoisotopic (exact) mass is 369 g/mol. The van der Waals surface area contributed by atoms with E-state index in [1.807, 2.05) is 36.5 Å². The smallest absolute Gasteiger partial charge is 0.319 e. The molecule has 0 unspecified atom stereocenters. The van der Waals surface area contributed by atoms with Gasteiger partial charge in [0.2, 0.25) is 0 Å². The number of aromatic nitrogens is 2. The van der Waals surface area contributed by atoms with E-state index < -0.39 is 0 Å². The Morgan fingerprint density at radius 1 is 1.15 bits per heavy atom. The first kappa shape index (κ1) is 18.0. The van der Waals surface area contributed by atoms with Crippen LogP contribution in [0.25, 0.3) is 5.69 Å². The number of amides is 2. The lowest BCUT2D eigenvalue weighted by Gasteiger charge is -2.37. The topological polar surface area (TPSA) is 71.4 Å². The molecular formula is C20H27N5O2. The van der Waals surface area contributed by atoms with Gasteiger partial charge in [0, 0.05) is 37.7 Å². The number of carbonyl (C=O) groups excluding carboxylic acids is 1. The fourth-order valence-corrected chi connectivity index (χ4v) is 4.08. The van der Waals surface area contributed by atoms with Crippen LogP contribution in [0, 0.1) is 0 Å². The predicted molar refractivity (Wildman–Crippen MR) is 104 cm³/mol. The molecule has 2 N–H and O–H groups in total. The highest BCUT2D eigenvalue weighted by atomic mass is 16.5. The second kappa shape index (κ2) is 8.10. The van der Waals surface area contributed by atoms with Crippen molar-refractivity contribution < 1.29 is 9.53 Å². The second-order valence-corrected chi connectivity index (χ2v) is 7.45. The number of nitrogens with zero attached hydrogens (tertiary/aromatic N) is 3. The molecule has 0 atom stereocenters. The maximum absolute atomic E-state index is 12.6. The molecule has 2 fully saturated rings. The zero-order chi connectivity index (χ0) is 18.5. The maximum Gasteiger partial charge on any atom is 0.319 e. The predicted octanol–water partition coefficient (Wildman–Crippen LogP) is 2.64. The van der Waals surface area contributed by atoms with E-state index in [2.05, 4.69) is 20.6 Å². The van der Waals surface area contributed by atoms with Crippen LogP contribution >= 0.6 is 0 Å². The van der Waals surface area contributed by atoms with Crippen molar-refractivity contribution in [2.24, 2.45) is 0 Å². The highest BCUT2D eigenvalue weighted by Crippen LogP contribution is 2.31. The van der Waals surface area contributed by atoms with Crippen molar-refractivity contribution in [2.45, 2.75) is 31.2 Å². The molecule has 0 radical (unpaired) electrons. The third-order valence-electron chi connectivity index (χ3n) is 5.46. The van der Waals surface area contributed by atoms with E-state index in [9.17, 15) is 4.79 Å². The summed E-state index contributed by atoms with van der Waals surface area (Å²) in [6, 6.07) is 9.45. The fraction of sp³-hybridized carbons (Fsp3) is 0.500. The summed E-state index contributed by atoms with van der Waals surface area (Å²) in [5.41, 5.74) is 1.62. The van der Waals surface area contributed by atoms with Crippen LogP contribution in [-0.4, -0.2) is 59.1 Å². The van der Waals surface area contributed by atoms with Crippen molar-refractivity contribution in [2.75, 3.05) is 38.2 Å². The Bertz CT molecular complexity index is 732. The summed E-state index contributed by atoms with van der Waals surface area (Å²) in [6.07, 6.45) is 8.05. The molecule has 1 saturated heterocycles. The van der Waals surface area contributed by atoms with Gasteiger partial charge >= 0.3 is 6.03 Å². The molecule has 144 valence electrons. The Morgan fingerprint density at radius 2 is 1.89 bits per heavy atom. The minimum Gasteiger partial charge on any atom is -0.379 e. The standard InChI is InChI=1S/C20H27N5O2/c26-19(22-17-4-6-18(7-5-17)25-11-3-10-21-25)23-20(8-1-2-9-20)16-24-12-14-27-15-13-24/h3-7,10-11H,1-2,8-9,12-16H2,(H2,22,23,26). The molecule has 1 aromatic carbocycles. The van der Waals surface area contributed by atoms with Crippen LogP contribution in [0.4, 0.5) is 10.5 Å². The quantitative estimate of drug-likeness (QED) is 0.850. The highest BCUT2D eigenvalue weighted by molar-refractivity contribution is 5.89. The van der Waals surface area contributed by atoms with Crippen LogP contribution in [0.1, 0.15) is 25.7 Å². The molecule has 1 saturated carbocycles. The minimum atomic E-state index is -0.129. The summed E-state index contributed by atoms with van der Waals surface area (Å²) in [5.74, 6) is 0. The van der Waals surface area contributed by atoms with Gasteiger partial charge in [0.25, 0.3) is 0 Å². The van der Waals surface area contributed by atoms with Crippen LogP contribution < -0.4 is 10.6 Å². The van der Waals surface area contributed by atoms with Crippen molar-refractivity contribution in [3.63, 3.8) is 0 Å². The average Bonchev–Trinajstić information content (AvgIpc) is 3.36. The van der Waals surface area contributed by atoms with Gasteiger partial charge in [0.05, 0.1) is 24.4 Å². The van der Waals surface area contributed by atoms with E-state index in [-0.39, 0.29) is 11.6 Å². The van der Waals surface area contributed by atoms with Crippen LogP contribution in [0.2, 0.25) is 0 Å². The molecule has 2 aromatic rings. The summed E-state index contributed by atoms with van der Waals surface area (Å²) < 4.78 is 7.24. The first-order valence-corrected chi connectivity index (χ1v) is 9.72. The SMILES string of the molecule is O=C(Nc1ccc(-n2cccn2)cc1)NC1(CN2CCOCC2)CCCC1. The zero-order valence-electron chi connectivity index (χ0n) is 15.6. The van der Waals surface area contributed by atoms with Crippen molar-refractivity contribution in [1.29, 1.82) is 0 Å². The number of nitrogens with one attached hydrogen (secondary N) is 2. The first-order valence-electron chi connectivity index (χ1n) is 9.72. The Labute approximate surface area is 159 Å². The number of anilines is 1. The number of rotatable bonds is 5. The van der Waals surface area contributed by atoms with Crippen molar-refractivity contribution in [3.8, 4) is 5.69 Å². The lowest BCUT2D eigenvalue weighted by molar-refractivity contribution is 0.0254. The summed E-state index contributed by atoms with van der Waals surface area (Å²) in [7, 11) is 0. The molecule has 0 bridgehead atoms. The molecule has 7 nitrogen and oxygen atoms in total. The van der Waals surface area contributed by atoms with Crippen LogP contribution in [-0.2, 0) is 4.74 Å². The van der Waals surface area contributed by atoms with Gasteiger partial charge in [0.1, 0.15) is 0 Å². The van der Waals surface area contributed by atoms with Crippen LogP contribution in [0.3, 0.4) is 0 Å². The van der Waals surface area contributed by atoms with E-state index in [0.29, 0.717) is 0 Å². The number of benzene rings is 1. The third kappa shape index (κ3) is 4.48. The van der Waals surface area contributed by atoms with E-state index >= 15 is 0 Å². The fourth-order valence-electron chi connectivity index (χ4n) is 4.08. The molecule has 7 heteroatoms. The number of urea groups is 1. The van der Waals surface area contributed by atoms with Gasteiger partial charge < -0.3 is 15.4 Å². The zero-order valence-corrected chi connectivity index (χ0v) is 15.6. The number of morpholine rings is 1.